The fourth-order valence-electron chi connectivity index (χ4n) is 2.22. The molecular weight excluding hydrogens is 330 g/mol. The van der Waals surface area contributed by atoms with Crippen LogP contribution in [0.1, 0.15) is 0 Å². The molecule has 1 aromatic heterocycles. The van der Waals surface area contributed by atoms with Crippen molar-refractivity contribution in [3.63, 3.8) is 0 Å². The molecule has 8 heteroatoms. The zero-order valence-corrected chi connectivity index (χ0v) is 13.1. The molecule has 0 fully saturated rings. The van der Waals surface area contributed by atoms with E-state index in [1.165, 1.54) is 0 Å². The number of nitrogens with one attached hydrogen (secondary N) is 2. The Morgan fingerprint density at radius 1 is 0.792 bits per heavy atom. The number of ether oxygens (including phenoxy) is 2. The number of fused-ring (bicyclic) bond motifs is 1. The van der Waals surface area contributed by atoms with E-state index in [2.05, 4.69) is 25.6 Å². The molecule has 24 heavy (non-hydrogen) atoms. The normalized spacial score (nSPS) is 12.0. The third-order valence-corrected chi connectivity index (χ3v) is 3.44. The van der Waals surface area contributed by atoms with Gasteiger partial charge in [0.2, 0.25) is 24.0 Å². The molecule has 0 unspecified atom stereocenters. The minimum atomic E-state index is 0.0895. The summed E-state index contributed by atoms with van der Waals surface area (Å²) in [5, 5.41) is 6.25. The zero-order chi connectivity index (χ0) is 16.4. The number of aromatic nitrogens is 3. The van der Waals surface area contributed by atoms with Gasteiger partial charge in [-0.05, 0) is 35.9 Å². The monoisotopic (exact) mass is 341 g/mol. The van der Waals surface area contributed by atoms with Gasteiger partial charge in [0.25, 0.3) is 0 Å². The van der Waals surface area contributed by atoms with Gasteiger partial charge in [-0.2, -0.15) is 15.0 Å². The van der Waals surface area contributed by atoms with Crippen molar-refractivity contribution in [2.24, 2.45) is 0 Å². The van der Waals surface area contributed by atoms with Gasteiger partial charge in [-0.1, -0.05) is 18.2 Å². The van der Waals surface area contributed by atoms with Crippen LogP contribution in [0.15, 0.2) is 48.5 Å². The van der Waals surface area contributed by atoms with Crippen LogP contribution in [0.2, 0.25) is 5.28 Å². The minimum absolute atomic E-state index is 0.0895. The van der Waals surface area contributed by atoms with Gasteiger partial charge in [-0.25, -0.2) is 0 Å². The summed E-state index contributed by atoms with van der Waals surface area (Å²) in [5.74, 6) is 2.06. The SMILES string of the molecule is Clc1nc(Nc2ccccc2)nc(Nc2ccc3c(c2)OCO3)n1. The topological polar surface area (TPSA) is 81.2 Å². The van der Waals surface area contributed by atoms with Crippen molar-refractivity contribution in [2.45, 2.75) is 0 Å². The Bertz CT molecular complexity index is 876. The van der Waals surface area contributed by atoms with Crippen molar-refractivity contribution in [3.8, 4) is 11.5 Å². The lowest BCUT2D eigenvalue weighted by atomic mass is 10.3. The Hall–Kier alpha value is -3.06. The van der Waals surface area contributed by atoms with Crippen LogP contribution in [0.4, 0.5) is 23.3 Å². The lowest BCUT2D eigenvalue weighted by Gasteiger charge is -2.09. The Labute approximate surface area is 142 Å². The minimum Gasteiger partial charge on any atom is -0.454 e. The first-order chi connectivity index (χ1) is 11.8. The Morgan fingerprint density at radius 2 is 1.50 bits per heavy atom. The average molecular weight is 342 g/mol. The number of anilines is 4. The maximum Gasteiger partial charge on any atom is 0.233 e. The number of para-hydroxylation sites is 1. The molecule has 1 aliphatic rings. The summed E-state index contributed by atoms with van der Waals surface area (Å²) in [5.41, 5.74) is 1.61. The fraction of sp³-hybridized carbons (Fsp3) is 0.0625. The summed E-state index contributed by atoms with van der Waals surface area (Å²) < 4.78 is 10.6. The van der Waals surface area contributed by atoms with E-state index in [0.29, 0.717) is 23.4 Å². The van der Waals surface area contributed by atoms with Crippen LogP contribution in [0.3, 0.4) is 0 Å². The first-order valence-corrected chi connectivity index (χ1v) is 7.54. The molecule has 0 aliphatic carbocycles. The second-order valence-corrected chi connectivity index (χ2v) is 5.27. The van der Waals surface area contributed by atoms with Crippen LogP contribution in [0.5, 0.6) is 11.5 Å². The maximum absolute atomic E-state index is 5.99. The molecule has 2 heterocycles. The first kappa shape index (κ1) is 14.5. The largest absolute Gasteiger partial charge is 0.454 e. The Morgan fingerprint density at radius 3 is 2.29 bits per heavy atom. The van der Waals surface area contributed by atoms with E-state index < -0.39 is 0 Å². The van der Waals surface area contributed by atoms with Gasteiger partial charge in [0.15, 0.2) is 11.5 Å². The summed E-state index contributed by atoms with van der Waals surface area (Å²) in [4.78, 5) is 12.5. The van der Waals surface area contributed by atoms with E-state index in [1.54, 1.807) is 0 Å². The quantitative estimate of drug-likeness (QED) is 0.748. The highest BCUT2D eigenvalue weighted by Gasteiger charge is 2.14. The van der Waals surface area contributed by atoms with Crippen molar-refractivity contribution < 1.29 is 9.47 Å². The van der Waals surface area contributed by atoms with Crippen molar-refractivity contribution in [1.29, 1.82) is 0 Å². The first-order valence-electron chi connectivity index (χ1n) is 7.16. The second kappa shape index (κ2) is 6.21. The number of nitrogens with zero attached hydrogens (tertiary/aromatic N) is 3. The van der Waals surface area contributed by atoms with E-state index in [4.69, 9.17) is 21.1 Å². The molecule has 0 atom stereocenters. The summed E-state index contributed by atoms with van der Waals surface area (Å²) in [7, 11) is 0. The lowest BCUT2D eigenvalue weighted by Crippen LogP contribution is -2.03. The summed E-state index contributed by atoms with van der Waals surface area (Å²) >= 11 is 5.99. The van der Waals surface area contributed by atoms with Gasteiger partial charge >= 0.3 is 0 Å². The summed E-state index contributed by atoms with van der Waals surface area (Å²) in [6, 6.07) is 15.0. The third-order valence-electron chi connectivity index (χ3n) is 3.27. The summed E-state index contributed by atoms with van der Waals surface area (Å²) in [6.45, 7) is 0.224. The Kier molecular flexibility index (Phi) is 3.76. The number of hydrogen-bond donors (Lipinski definition) is 2. The van der Waals surface area contributed by atoms with Gasteiger partial charge < -0.3 is 20.1 Å². The molecule has 1 aliphatic heterocycles. The highest BCUT2D eigenvalue weighted by Crippen LogP contribution is 2.34. The maximum atomic E-state index is 5.99. The van der Waals surface area contributed by atoms with Crippen LogP contribution in [-0.4, -0.2) is 21.7 Å². The standard InChI is InChI=1S/C16H12ClN5O2/c17-14-20-15(18-10-4-2-1-3-5-10)22-16(21-14)19-11-6-7-12-13(8-11)24-9-23-12/h1-8H,9H2,(H2,18,19,20,21,22). The predicted molar refractivity (Wildman–Crippen MR) is 90.4 cm³/mol. The van der Waals surface area contributed by atoms with E-state index in [-0.39, 0.29) is 12.1 Å². The van der Waals surface area contributed by atoms with Crippen molar-refractivity contribution >= 4 is 34.9 Å². The molecule has 120 valence electrons. The molecule has 3 aromatic rings. The van der Waals surface area contributed by atoms with Gasteiger partial charge in [-0.15, -0.1) is 0 Å². The third kappa shape index (κ3) is 3.16. The van der Waals surface area contributed by atoms with E-state index in [9.17, 15) is 0 Å². The van der Waals surface area contributed by atoms with Crippen molar-refractivity contribution in [1.82, 2.24) is 15.0 Å². The van der Waals surface area contributed by atoms with E-state index >= 15 is 0 Å². The van der Waals surface area contributed by atoms with Crippen LogP contribution < -0.4 is 20.1 Å². The number of rotatable bonds is 4. The molecule has 4 rings (SSSR count). The summed E-state index contributed by atoms with van der Waals surface area (Å²) in [6.07, 6.45) is 0. The van der Waals surface area contributed by atoms with Gasteiger partial charge in [0.05, 0.1) is 0 Å². The number of halogens is 1. The van der Waals surface area contributed by atoms with Gasteiger partial charge in [-0.3, -0.25) is 0 Å². The fourth-order valence-corrected chi connectivity index (χ4v) is 2.38. The molecule has 0 radical (unpaired) electrons. The molecule has 0 spiro atoms. The molecular formula is C16H12ClN5O2. The van der Waals surface area contributed by atoms with Crippen molar-refractivity contribution in [2.75, 3.05) is 17.4 Å². The second-order valence-electron chi connectivity index (χ2n) is 4.94. The molecule has 2 aromatic carbocycles. The molecule has 0 amide bonds. The molecule has 7 nitrogen and oxygen atoms in total. The van der Waals surface area contributed by atoms with E-state index in [1.807, 2.05) is 48.5 Å². The molecule has 0 saturated carbocycles. The highest BCUT2D eigenvalue weighted by molar-refractivity contribution is 6.28. The van der Waals surface area contributed by atoms with Crippen LogP contribution in [0.25, 0.3) is 0 Å². The predicted octanol–water partition coefficient (Wildman–Crippen LogP) is 3.74. The number of hydrogen-bond acceptors (Lipinski definition) is 7. The van der Waals surface area contributed by atoms with Gasteiger partial charge in [0, 0.05) is 17.4 Å². The molecule has 0 bridgehead atoms. The molecule has 0 saturated heterocycles. The van der Waals surface area contributed by atoms with E-state index in [0.717, 1.165) is 11.4 Å². The average Bonchev–Trinajstić information content (AvgIpc) is 3.03. The highest BCUT2D eigenvalue weighted by atomic mass is 35.5. The van der Waals surface area contributed by atoms with Crippen LogP contribution in [0, 0.1) is 0 Å². The lowest BCUT2D eigenvalue weighted by molar-refractivity contribution is 0.174. The number of benzene rings is 2. The van der Waals surface area contributed by atoms with Crippen LogP contribution in [-0.2, 0) is 0 Å². The molecule has 2 N–H and O–H groups in total. The zero-order valence-electron chi connectivity index (χ0n) is 12.4. The Balaban J connectivity index is 1.57. The van der Waals surface area contributed by atoms with Crippen molar-refractivity contribution in [3.05, 3.63) is 53.8 Å². The van der Waals surface area contributed by atoms with Gasteiger partial charge in [0.1, 0.15) is 0 Å². The van der Waals surface area contributed by atoms with Crippen LogP contribution >= 0.6 is 11.6 Å². The smallest absolute Gasteiger partial charge is 0.233 e.